The average Bonchev–Trinajstić information content (AvgIpc) is 3.05. The van der Waals surface area contributed by atoms with E-state index >= 15 is 0 Å². The Balaban J connectivity index is 2.05. The van der Waals surface area contributed by atoms with E-state index in [1.807, 2.05) is 57.2 Å². The molecule has 32 heavy (non-hydrogen) atoms. The first-order valence-corrected chi connectivity index (χ1v) is 10.1. The number of benzene rings is 3. The summed E-state index contributed by atoms with van der Waals surface area (Å²) in [5, 5.41) is 4.35. The number of H-pyrrole nitrogens is 1. The van der Waals surface area contributed by atoms with Crippen LogP contribution < -0.4 is 21.9 Å². The van der Waals surface area contributed by atoms with E-state index in [1.54, 1.807) is 18.2 Å². The van der Waals surface area contributed by atoms with Gasteiger partial charge in [-0.3, -0.25) is 4.79 Å². The summed E-state index contributed by atoms with van der Waals surface area (Å²) in [4.78, 5) is 38.6. The van der Waals surface area contributed by atoms with Crippen LogP contribution in [-0.4, -0.2) is 27.4 Å². The highest BCUT2D eigenvalue weighted by atomic mass is 16.5. The number of methoxy groups -OCH3 is 1. The summed E-state index contributed by atoms with van der Waals surface area (Å²) in [6.45, 7) is 5.87. The minimum Gasteiger partial charge on any atom is -0.494 e. The first kappa shape index (κ1) is 21.2. The van der Waals surface area contributed by atoms with Gasteiger partial charge in [0.15, 0.2) is 5.75 Å². The highest BCUT2D eigenvalue weighted by Gasteiger charge is 2.25. The molecule has 0 bridgehead atoms. The molecule has 0 unspecified atom stereocenters. The molecule has 3 N–H and O–H groups in total. The molecule has 4 aromatic rings. The van der Waals surface area contributed by atoms with Gasteiger partial charge in [-0.2, -0.15) is 4.68 Å². The SMILES string of the molecule is COc1c(C(N)=O)cc(C(C)(C)C)cc1-n1c(=O)[nH]n(-c2cccc3ccccc23)c1=O. The molecular formula is C24H24N4O4. The molecule has 1 heterocycles. The molecule has 0 saturated carbocycles. The average molecular weight is 432 g/mol. The number of nitrogens with one attached hydrogen (secondary N) is 1. The van der Waals surface area contributed by atoms with E-state index in [0.717, 1.165) is 20.9 Å². The molecule has 0 aliphatic heterocycles. The maximum Gasteiger partial charge on any atom is 0.356 e. The number of carbonyl (C=O) groups is 1. The lowest BCUT2D eigenvalue weighted by Gasteiger charge is -2.22. The Kier molecular flexibility index (Phi) is 5.00. The molecule has 8 nitrogen and oxygen atoms in total. The molecule has 0 aliphatic carbocycles. The Morgan fingerprint density at radius 3 is 2.34 bits per heavy atom. The maximum atomic E-state index is 13.5. The second-order valence-electron chi connectivity index (χ2n) is 8.56. The predicted octanol–water partition coefficient (Wildman–Crippen LogP) is 2.87. The van der Waals surface area contributed by atoms with Gasteiger partial charge >= 0.3 is 11.4 Å². The van der Waals surface area contributed by atoms with Gasteiger partial charge in [0.2, 0.25) is 0 Å². The monoisotopic (exact) mass is 432 g/mol. The van der Waals surface area contributed by atoms with Gasteiger partial charge in [0.1, 0.15) is 0 Å². The van der Waals surface area contributed by atoms with Crippen molar-refractivity contribution in [2.45, 2.75) is 26.2 Å². The van der Waals surface area contributed by atoms with Gasteiger partial charge in [-0.05, 0) is 34.6 Å². The lowest BCUT2D eigenvalue weighted by Crippen LogP contribution is -2.29. The number of hydrogen-bond donors (Lipinski definition) is 2. The van der Waals surface area contributed by atoms with E-state index < -0.39 is 17.3 Å². The zero-order chi connectivity index (χ0) is 23.2. The Morgan fingerprint density at radius 1 is 1.00 bits per heavy atom. The van der Waals surface area contributed by atoms with Crippen molar-refractivity contribution in [1.29, 1.82) is 0 Å². The number of primary amides is 1. The molecular weight excluding hydrogens is 408 g/mol. The molecule has 0 saturated heterocycles. The Morgan fingerprint density at radius 2 is 1.69 bits per heavy atom. The molecule has 1 amide bonds. The van der Waals surface area contributed by atoms with Crippen molar-refractivity contribution in [2.75, 3.05) is 7.11 Å². The van der Waals surface area contributed by atoms with Crippen molar-refractivity contribution in [2.24, 2.45) is 5.73 Å². The fourth-order valence-electron chi connectivity index (χ4n) is 3.77. The number of aromatic amines is 1. The van der Waals surface area contributed by atoms with Crippen LogP contribution >= 0.6 is 0 Å². The number of rotatable bonds is 4. The van der Waals surface area contributed by atoms with Crippen molar-refractivity contribution in [3.8, 4) is 17.1 Å². The van der Waals surface area contributed by atoms with Gasteiger partial charge in [-0.15, -0.1) is 0 Å². The molecule has 0 aliphatic rings. The summed E-state index contributed by atoms with van der Waals surface area (Å²) in [6, 6.07) is 16.4. The third-order valence-electron chi connectivity index (χ3n) is 5.45. The lowest BCUT2D eigenvalue weighted by atomic mass is 9.85. The van der Waals surface area contributed by atoms with Crippen molar-refractivity contribution in [3.05, 3.63) is 86.7 Å². The molecule has 8 heteroatoms. The van der Waals surface area contributed by atoms with Crippen LogP contribution in [0.4, 0.5) is 0 Å². The lowest BCUT2D eigenvalue weighted by molar-refractivity contribution is 0.0997. The van der Waals surface area contributed by atoms with Gasteiger partial charge in [-0.25, -0.2) is 19.3 Å². The second-order valence-corrected chi connectivity index (χ2v) is 8.56. The van der Waals surface area contributed by atoms with Crippen LogP contribution in [0.2, 0.25) is 0 Å². The number of nitrogens with two attached hydrogens (primary N) is 1. The highest BCUT2D eigenvalue weighted by Crippen LogP contribution is 2.33. The van der Waals surface area contributed by atoms with Gasteiger partial charge in [0, 0.05) is 5.39 Å². The molecule has 4 rings (SSSR count). The fraction of sp³-hybridized carbons (Fsp3) is 0.208. The third-order valence-corrected chi connectivity index (χ3v) is 5.45. The summed E-state index contributed by atoms with van der Waals surface area (Å²) in [5.41, 5.74) is 5.44. The van der Waals surface area contributed by atoms with Crippen LogP contribution in [0.3, 0.4) is 0 Å². The van der Waals surface area contributed by atoms with E-state index in [9.17, 15) is 14.4 Å². The van der Waals surface area contributed by atoms with Crippen molar-refractivity contribution >= 4 is 16.7 Å². The quantitative estimate of drug-likeness (QED) is 0.516. The molecule has 0 radical (unpaired) electrons. The van der Waals surface area contributed by atoms with Crippen molar-refractivity contribution < 1.29 is 9.53 Å². The predicted molar refractivity (Wildman–Crippen MR) is 123 cm³/mol. The van der Waals surface area contributed by atoms with Crippen LogP contribution in [0.25, 0.3) is 22.1 Å². The largest absolute Gasteiger partial charge is 0.494 e. The summed E-state index contributed by atoms with van der Waals surface area (Å²) in [6.07, 6.45) is 0. The standard InChI is InChI=1S/C24H24N4O4/c1-24(2,3)15-12-17(21(25)29)20(32-4)19(13-15)27-22(30)26-28(23(27)31)18-11-7-9-14-8-5-6-10-16(14)18/h5-13H,1-4H3,(H2,25,29)(H,26,30). The number of amides is 1. The van der Waals surface area contributed by atoms with E-state index in [0.29, 0.717) is 5.69 Å². The van der Waals surface area contributed by atoms with Gasteiger partial charge in [0.05, 0.1) is 24.0 Å². The molecule has 3 aromatic carbocycles. The summed E-state index contributed by atoms with van der Waals surface area (Å²) < 4.78 is 7.59. The zero-order valence-electron chi connectivity index (χ0n) is 18.3. The summed E-state index contributed by atoms with van der Waals surface area (Å²) in [7, 11) is 1.36. The Bertz CT molecular complexity index is 1460. The number of hydrogen-bond acceptors (Lipinski definition) is 4. The third kappa shape index (κ3) is 3.39. The first-order valence-electron chi connectivity index (χ1n) is 10.1. The second kappa shape index (κ2) is 7.56. The topological polar surface area (TPSA) is 112 Å². The Hall–Kier alpha value is -4.07. The number of carbonyl (C=O) groups excluding carboxylic acids is 1. The number of nitrogens with zero attached hydrogens (tertiary/aromatic N) is 2. The Labute approximate surface area is 183 Å². The minimum atomic E-state index is -0.716. The van der Waals surface area contributed by atoms with E-state index in [2.05, 4.69) is 5.10 Å². The number of fused-ring (bicyclic) bond motifs is 1. The van der Waals surface area contributed by atoms with Crippen LogP contribution in [0, 0.1) is 0 Å². The molecule has 0 fully saturated rings. The molecule has 0 atom stereocenters. The summed E-state index contributed by atoms with van der Waals surface area (Å²) in [5.74, 6) is -0.652. The maximum absolute atomic E-state index is 13.5. The molecule has 1 aromatic heterocycles. The van der Waals surface area contributed by atoms with Gasteiger partial charge < -0.3 is 10.5 Å². The zero-order valence-corrected chi connectivity index (χ0v) is 18.3. The molecule has 164 valence electrons. The normalized spacial score (nSPS) is 11.6. The highest BCUT2D eigenvalue weighted by molar-refractivity contribution is 5.97. The summed E-state index contributed by atoms with van der Waals surface area (Å²) >= 11 is 0. The van der Waals surface area contributed by atoms with Crippen LogP contribution in [0.5, 0.6) is 5.75 Å². The number of ether oxygens (including phenoxy) is 1. The van der Waals surface area contributed by atoms with Crippen molar-refractivity contribution in [1.82, 2.24) is 14.3 Å². The van der Waals surface area contributed by atoms with Gasteiger partial charge in [-0.1, -0.05) is 57.2 Å². The van der Waals surface area contributed by atoms with E-state index in [-0.39, 0.29) is 22.4 Å². The number of aromatic nitrogens is 3. The minimum absolute atomic E-state index is 0.0637. The first-order chi connectivity index (χ1) is 15.1. The fourth-order valence-corrected chi connectivity index (χ4v) is 3.77. The van der Waals surface area contributed by atoms with Gasteiger partial charge in [0.25, 0.3) is 5.91 Å². The van der Waals surface area contributed by atoms with Crippen LogP contribution in [0.1, 0.15) is 36.7 Å². The van der Waals surface area contributed by atoms with Crippen molar-refractivity contribution in [3.63, 3.8) is 0 Å². The van der Waals surface area contributed by atoms with E-state index in [4.69, 9.17) is 10.5 Å². The van der Waals surface area contributed by atoms with E-state index in [1.165, 1.54) is 11.8 Å². The smallest absolute Gasteiger partial charge is 0.356 e. The molecule has 0 spiro atoms. The van der Waals surface area contributed by atoms with Crippen LogP contribution in [-0.2, 0) is 5.41 Å². The van der Waals surface area contributed by atoms with Crippen LogP contribution in [0.15, 0.2) is 64.2 Å².